The Morgan fingerprint density at radius 2 is 1.48 bits per heavy atom. The molecule has 3 aromatic rings. The predicted molar refractivity (Wildman–Crippen MR) is 101 cm³/mol. The molecule has 1 atom stereocenters. The second-order valence-electron chi connectivity index (χ2n) is 7.58. The summed E-state index contributed by atoms with van der Waals surface area (Å²) in [5.74, 6) is 0.926. The van der Waals surface area contributed by atoms with Crippen molar-refractivity contribution in [2.75, 3.05) is 19.6 Å². The van der Waals surface area contributed by atoms with Gasteiger partial charge < -0.3 is 10.0 Å². The fourth-order valence-electron chi connectivity index (χ4n) is 4.49. The lowest BCUT2D eigenvalue weighted by atomic mass is 9.84. The van der Waals surface area contributed by atoms with Gasteiger partial charge in [-0.2, -0.15) is 4.80 Å². The number of rotatable bonds is 4. The molecule has 3 fully saturated rings. The van der Waals surface area contributed by atoms with Gasteiger partial charge in [0.1, 0.15) is 0 Å². The molecule has 6 nitrogen and oxygen atoms in total. The molecular formula is C21H23N5O. The van der Waals surface area contributed by atoms with Gasteiger partial charge in [-0.05, 0) is 48.2 Å². The van der Waals surface area contributed by atoms with E-state index in [4.69, 9.17) is 5.10 Å². The molecule has 0 aliphatic carbocycles. The molecule has 0 saturated carbocycles. The summed E-state index contributed by atoms with van der Waals surface area (Å²) in [4.78, 5) is 4.20. The maximum absolute atomic E-state index is 11.8. The number of nitrogens with zero attached hydrogens (tertiary/aromatic N) is 5. The van der Waals surface area contributed by atoms with Gasteiger partial charge >= 0.3 is 0 Å². The summed E-state index contributed by atoms with van der Waals surface area (Å²) in [6.45, 7) is 3.30. The minimum atomic E-state index is -1.42. The molecule has 4 heterocycles. The average Bonchev–Trinajstić information content (AvgIpc) is 3.26. The van der Waals surface area contributed by atoms with Crippen LogP contribution in [-0.2, 0) is 5.60 Å². The lowest BCUT2D eigenvalue weighted by Crippen LogP contribution is -2.48. The third-order valence-corrected chi connectivity index (χ3v) is 6.05. The first-order valence-electron chi connectivity index (χ1n) is 9.61. The van der Waals surface area contributed by atoms with Crippen LogP contribution in [0.1, 0.15) is 35.8 Å². The Morgan fingerprint density at radius 3 is 2.00 bits per heavy atom. The van der Waals surface area contributed by atoms with Crippen molar-refractivity contribution in [2.24, 2.45) is 5.92 Å². The van der Waals surface area contributed by atoms with E-state index in [1.807, 2.05) is 60.7 Å². The van der Waals surface area contributed by atoms with E-state index < -0.39 is 5.60 Å². The van der Waals surface area contributed by atoms with Crippen LogP contribution in [0.4, 0.5) is 0 Å². The van der Waals surface area contributed by atoms with Gasteiger partial charge in [0.2, 0.25) is 5.82 Å². The Labute approximate surface area is 158 Å². The standard InChI is InChI=1S/C21H23N5O/c27-21(17-7-3-1-4-8-17,18-9-5-2-6-10-18)20-22-24-26(23-20)19-15-25-13-11-16(19)12-14-25/h1-10,16,19,27H,11-15H2. The van der Waals surface area contributed by atoms with Crippen molar-refractivity contribution >= 4 is 0 Å². The fourth-order valence-corrected chi connectivity index (χ4v) is 4.49. The predicted octanol–water partition coefficient (Wildman–Crippen LogP) is 2.22. The lowest BCUT2D eigenvalue weighted by molar-refractivity contribution is 0.0426. The van der Waals surface area contributed by atoms with Crippen molar-refractivity contribution in [2.45, 2.75) is 24.5 Å². The van der Waals surface area contributed by atoms with Crippen LogP contribution in [0, 0.1) is 5.92 Å². The van der Waals surface area contributed by atoms with Gasteiger partial charge in [-0.1, -0.05) is 60.7 Å². The first kappa shape index (κ1) is 16.6. The number of aliphatic hydroxyl groups is 1. The van der Waals surface area contributed by atoms with Crippen LogP contribution in [0.15, 0.2) is 60.7 Å². The van der Waals surface area contributed by atoms with Gasteiger partial charge in [0.25, 0.3) is 0 Å². The molecule has 2 aromatic carbocycles. The van der Waals surface area contributed by atoms with E-state index in [2.05, 4.69) is 15.2 Å². The molecule has 27 heavy (non-hydrogen) atoms. The van der Waals surface area contributed by atoms with Crippen LogP contribution in [-0.4, -0.2) is 49.8 Å². The molecular weight excluding hydrogens is 338 g/mol. The Morgan fingerprint density at radius 1 is 0.889 bits per heavy atom. The molecule has 3 saturated heterocycles. The normalized spacial score (nSPS) is 24.9. The third-order valence-electron chi connectivity index (χ3n) is 6.05. The molecule has 3 aliphatic heterocycles. The first-order chi connectivity index (χ1) is 13.2. The monoisotopic (exact) mass is 361 g/mol. The van der Waals surface area contributed by atoms with E-state index in [0.717, 1.165) is 17.7 Å². The molecule has 3 aliphatic rings. The van der Waals surface area contributed by atoms with Crippen LogP contribution in [0.3, 0.4) is 0 Å². The molecule has 1 N–H and O–H groups in total. The van der Waals surface area contributed by atoms with Crippen LogP contribution < -0.4 is 0 Å². The minimum absolute atomic E-state index is 0.240. The zero-order valence-electron chi connectivity index (χ0n) is 15.1. The molecule has 1 unspecified atom stereocenters. The number of benzene rings is 2. The van der Waals surface area contributed by atoms with Gasteiger partial charge in [-0.3, -0.25) is 0 Å². The summed E-state index contributed by atoms with van der Waals surface area (Å²) in [6.07, 6.45) is 2.37. The third kappa shape index (κ3) is 2.76. The Bertz CT molecular complexity index is 863. The summed E-state index contributed by atoms with van der Waals surface area (Å²) in [6, 6.07) is 19.4. The number of hydrogen-bond acceptors (Lipinski definition) is 5. The highest BCUT2D eigenvalue weighted by Gasteiger charge is 2.41. The topological polar surface area (TPSA) is 67.1 Å². The maximum atomic E-state index is 11.8. The number of hydrogen-bond donors (Lipinski definition) is 1. The van der Waals surface area contributed by atoms with Crippen molar-refractivity contribution < 1.29 is 5.11 Å². The maximum Gasteiger partial charge on any atom is 0.215 e. The van der Waals surface area contributed by atoms with Crippen molar-refractivity contribution in [3.63, 3.8) is 0 Å². The van der Waals surface area contributed by atoms with Gasteiger partial charge in [0.05, 0.1) is 6.04 Å². The molecule has 138 valence electrons. The van der Waals surface area contributed by atoms with Crippen molar-refractivity contribution in [3.8, 4) is 0 Å². The second-order valence-corrected chi connectivity index (χ2v) is 7.58. The van der Waals surface area contributed by atoms with E-state index in [1.165, 1.54) is 25.9 Å². The average molecular weight is 361 g/mol. The van der Waals surface area contributed by atoms with Crippen LogP contribution in [0.25, 0.3) is 0 Å². The molecule has 6 rings (SSSR count). The zero-order valence-corrected chi connectivity index (χ0v) is 15.1. The summed E-state index contributed by atoms with van der Waals surface area (Å²) < 4.78 is 0. The van der Waals surface area contributed by atoms with E-state index >= 15 is 0 Å². The highest BCUT2D eigenvalue weighted by molar-refractivity contribution is 5.41. The smallest absolute Gasteiger partial charge is 0.215 e. The van der Waals surface area contributed by atoms with Crippen molar-refractivity contribution in [1.29, 1.82) is 0 Å². The Balaban J connectivity index is 1.57. The number of piperidine rings is 3. The SMILES string of the molecule is OC(c1ccccc1)(c1ccccc1)c1nnn(C2CN3CCC2CC3)n1. The lowest BCUT2D eigenvalue weighted by Gasteiger charge is -2.43. The van der Waals surface area contributed by atoms with Gasteiger partial charge in [0.15, 0.2) is 5.60 Å². The summed E-state index contributed by atoms with van der Waals surface area (Å²) in [5, 5.41) is 25.2. The Hall–Kier alpha value is -2.57. The van der Waals surface area contributed by atoms with E-state index in [0.29, 0.717) is 11.7 Å². The summed E-state index contributed by atoms with van der Waals surface area (Å²) >= 11 is 0. The largest absolute Gasteiger partial charge is 0.373 e. The van der Waals surface area contributed by atoms with Gasteiger partial charge in [-0.15, -0.1) is 10.2 Å². The van der Waals surface area contributed by atoms with Gasteiger partial charge in [0, 0.05) is 6.54 Å². The quantitative estimate of drug-likeness (QED) is 0.772. The van der Waals surface area contributed by atoms with E-state index in [9.17, 15) is 5.11 Å². The summed E-state index contributed by atoms with van der Waals surface area (Å²) in [7, 11) is 0. The van der Waals surface area contributed by atoms with E-state index in [-0.39, 0.29) is 6.04 Å². The van der Waals surface area contributed by atoms with Crippen LogP contribution >= 0.6 is 0 Å². The van der Waals surface area contributed by atoms with Crippen LogP contribution in [0.2, 0.25) is 0 Å². The number of fused-ring (bicyclic) bond motifs is 3. The zero-order chi connectivity index (χ0) is 18.3. The fraction of sp³-hybridized carbons (Fsp3) is 0.381. The van der Waals surface area contributed by atoms with Crippen molar-refractivity contribution in [1.82, 2.24) is 25.1 Å². The molecule has 0 spiro atoms. The van der Waals surface area contributed by atoms with E-state index in [1.54, 1.807) is 4.80 Å². The second kappa shape index (κ2) is 6.55. The molecule has 0 radical (unpaired) electrons. The highest BCUT2D eigenvalue weighted by atomic mass is 16.3. The molecule has 2 bridgehead atoms. The van der Waals surface area contributed by atoms with Gasteiger partial charge in [-0.25, -0.2) is 0 Å². The Kier molecular flexibility index (Phi) is 4.02. The first-order valence-corrected chi connectivity index (χ1v) is 9.61. The number of tetrazole rings is 1. The van der Waals surface area contributed by atoms with Crippen LogP contribution in [0.5, 0.6) is 0 Å². The summed E-state index contributed by atoms with van der Waals surface area (Å²) in [5.41, 5.74) is 0.0590. The molecule has 0 amide bonds. The number of aromatic nitrogens is 4. The minimum Gasteiger partial charge on any atom is -0.373 e. The molecule has 1 aromatic heterocycles. The van der Waals surface area contributed by atoms with Crippen molar-refractivity contribution in [3.05, 3.63) is 77.6 Å². The molecule has 6 heteroatoms. The highest BCUT2D eigenvalue weighted by Crippen LogP contribution is 2.37.